The number of amides is 1. The van der Waals surface area contributed by atoms with E-state index in [1.807, 2.05) is 32.0 Å². The van der Waals surface area contributed by atoms with E-state index in [4.69, 9.17) is 5.73 Å². The Hall–Kier alpha value is -2.54. The molecule has 3 heterocycles. The third-order valence-electron chi connectivity index (χ3n) is 4.21. The molecule has 1 fully saturated rings. The summed E-state index contributed by atoms with van der Waals surface area (Å²) in [4.78, 5) is 27.1. The summed E-state index contributed by atoms with van der Waals surface area (Å²) in [6.07, 6.45) is 2.61. The Morgan fingerprint density at radius 2 is 2.25 bits per heavy atom. The molecule has 3 N–H and O–H groups in total. The van der Waals surface area contributed by atoms with Gasteiger partial charge in [-0.25, -0.2) is 15.0 Å². The molecule has 126 valence electrons. The maximum Gasteiger partial charge on any atom is 0.236 e. The van der Waals surface area contributed by atoms with Gasteiger partial charge in [0.25, 0.3) is 0 Å². The molecular formula is C17H22N6O. The predicted molar refractivity (Wildman–Crippen MR) is 92.0 cm³/mol. The first-order chi connectivity index (χ1) is 11.6. The Bertz CT molecular complexity index is 748. The smallest absolute Gasteiger partial charge is 0.236 e. The zero-order chi connectivity index (χ0) is 17.1. The molecule has 0 spiro atoms. The summed E-state index contributed by atoms with van der Waals surface area (Å²) in [5, 5.41) is 3.26. The number of nitrogens with zero attached hydrogens (tertiary/aromatic N) is 4. The fourth-order valence-electron chi connectivity index (χ4n) is 2.90. The molecule has 7 heteroatoms. The fourth-order valence-corrected chi connectivity index (χ4v) is 2.90. The van der Waals surface area contributed by atoms with Crippen molar-refractivity contribution in [3.05, 3.63) is 41.5 Å². The van der Waals surface area contributed by atoms with Crippen LogP contribution in [-0.4, -0.2) is 45.4 Å². The van der Waals surface area contributed by atoms with Crippen molar-refractivity contribution in [1.29, 1.82) is 0 Å². The molecule has 0 saturated carbocycles. The van der Waals surface area contributed by atoms with E-state index in [0.29, 0.717) is 13.1 Å². The molecule has 1 aliphatic rings. The first-order valence-electron chi connectivity index (χ1n) is 8.09. The predicted octanol–water partition coefficient (Wildman–Crippen LogP) is 1.51. The minimum Gasteiger partial charge on any atom is -0.341 e. The number of carbonyl (C=O) groups excluding carboxylic acids is 1. The van der Waals surface area contributed by atoms with Crippen LogP contribution >= 0.6 is 0 Å². The van der Waals surface area contributed by atoms with Crippen LogP contribution < -0.4 is 11.1 Å². The molecule has 7 nitrogen and oxygen atoms in total. The van der Waals surface area contributed by atoms with Crippen LogP contribution in [-0.2, 0) is 4.79 Å². The van der Waals surface area contributed by atoms with Gasteiger partial charge >= 0.3 is 0 Å². The number of nitrogens with one attached hydrogen (secondary N) is 1. The highest BCUT2D eigenvalue weighted by Gasteiger charge is 2.28. The first-order valence-corrected chi connectivity index (χ1v) is 8.09. The second-order valence-electron chi connectivity index (χ2n) is 6.08. The Morgan fingerprint density at radius 1 is 1.42 bits per heavy atom. The number of nitrogens with two attached hydrogens (primary N) is 1. The molecule has 0 aromatic carbocycles. The third kappa shape index (κ3) is 3.51. The molecule has 0 bridgehead atoms. The summed E-state index contributed by atoms with van der Waals surface area (Å²) in [6.45, 7) is 5.33. The molecule has 1 atom stereocenters. The topological polar surface area (TPSA) is 97.0 Å². The number of pyridine rings is 1. The van der Waals surface area contributed by atoms with Crippen LogP contribution in [0.15, 0.2) is 24.4 Å². The zero-order valence-electron chi connectivity index (χ0n) is 14.0. The van der Waals surface area contributed by atoms with Gasteiger partial charge in [0, 0.05) is 37.0 Å². The Labute approximate surface area is 141 Å². The van der Waals surface area contributed by atoms with Gasteiger partial charge in [0.05, 0.1) is 6.54 Å². The highest BCUT2D eigenvalue weighted by Crippen LogP contribution is 2.26. The molecule has 1 saturated heterocycles. The SMILES string of the molecule is Cc1cc(Nc2ncccc2C)nc(C2CCN(C(=O)CN)C2)n1. The molecule has 2 aromatic rings. The number of hydrogen-bond donors (Lipinski definition) is 2. The molecule has 24 heavy (non-hydrogen) atoms. The van der Waals surface area contributed by atoms with Crippen molar-refractivity contribution >= 4 is 17.5 Å². The first kappa shape index (κ1) is 16.3. The van der Waals surface area contributed by atoms with E-state index in [-0.39, 0.29) is 18.4 Å². The van der Waals surface area contributed by atoms with E-state index in [0.717, 1.165) is 35.1 Å². The van der Waals surface area contributed by atoms with Crippen LogP contribution in [0.1, 0.15) is 29.4 Å². The quantitative estimate of drug-likeness (QED) is 0.884. The van der Waals surface area contributed by atoms with Crippen LogP contribution in [0.2, 0.25) is 0 Å². The molecule has 0 radical (unpaired) electrons. The Balaban J connectivity index is 1.80. The number of carbonyl (C=O) groups is 1. The maximum atomic E-state index is 11.7. The summed E-state index contributed by atoms with van der Waals surface area (Å²) in [5.74, 6) is 2.40. The van der Waals surface area contributed by atoms with Crippen molar-refractivity contribution in [3.8, 4) is 0 Å². The van der Waals surface area contributed by atoms with E-state index in [1.165, 1.54) is 0 Å². The van der Waals surface area contributed by atoms with Gasteiger partial charge in [-0.2, -0.15) is 0 Å². The van der Waals surface area contributed by atoms with Crippen molar-refractivity contribution < 1.29 is 4.79 Å². The number of aryl methyl sites for hydroxylation is 2. The summed E-state index contributed by atoms with van der Waals surface area (Å²) in [5.41, 5.74) is 7.39. The second kappa shape index (κ2) is 6.92. The average Bonchev–Trinajstić information content (AvgIpc) is 3.06. The molecule has 1 aliphatic heterocycles. The molecule has 1 unspecified atom stereocenters. The van der Waals surface area contributed by atoms with Crippen LogP contribution in [0.25, 0.3) is 0 Å². The minimum absolute atomic E-state index is 0.0207. The second-order valence-corrected chi connectivity index (χ2v) is 6.08. The van der Waals surface area contributed by atoms with Gasteiger partial charge in [0.1, 0.15) is 17.5 Å². The molecule has 1 amide bonds. The largest absolute Gasteiger partial charge is 0.341 e. The Morgan fingerprint density at radius 3 is 3.00 bits per heavy atom. The summed E-state index contributed by atoms with van der Waals surface area (Å²) in [6, 6.07) is 5.80. The van der Waals surface area contributed by atoms with Gasteiger partial charge in [0.2, 0.25) is 5.91 Å². The van der Waals surface area contributed by atoms with Gasteiger partial charge in [-0.05, 0) is 31.9 Å². The van der Waals surface area contributed by atoms with Crippen LogP contribution in [0.3, 0.4) is 0 Å². The van der Waals surface area contributed by atoms with E-state index in [2.05, 4.69) is 20.3 Å². The molecular weight excluding hydrogens is 304 g/mol. The van der Waals surface area contributed by atoms with E-state index < -0.39 is 0 Å². The normalized spacial score (nSPS) is 17.1. The monoisotopic (exact) mass is 326 g/mol. The van der Waals surface area contributed by atoms with Crippen LogP contribution in [0, 0.1) is 13.8 Å². The van der Waals surface area contributed by atoms with Crippen molar-refractivity contribution in [2.45, 2.75) is 26.2 Å². The highest BCUT2D eigenvalue weighted by atomic mass is 16.2. The third-order valence-corrected chi connectivity index (χ3v) is 4.21. The van der Waals surface area contributed by atoms with Gasteiger partial charge < -0.3 is 16.0 Å². The lowest BCUT2D eigenvalue weighted by atomic mass is 10.1. The van der Waals surface area contributed by atoms with Gasteiger partial charge in [-0.1, -0.05) is 6.07 Å². The van der Waals surface area contributed by atoms with E-state index in [9.17, 15) is 4.79 Å². The van der Waals surface area contributed by atoms with E-state index >= 15 is 0 Å². The summed E-state index contributed by atoms with van der Waals surface area (Å²) in [7, 11) is 0. The average molecular weight is 326 g/mol. The minimum atomic E-state index is -0.0207. The lowest BCUT2D eigenvalue weighted by Crippen LogP contribution is -2.34. The standard InChI is InChI=1S/C17H22N6O/c1-11-4-3-6-19-16(11)21-14-8-12(2)20-17(22-14)13-5-7-23(10-13)15(24)9-18/h3-4,6,8,13H,5,7,9-10,18H2,1-2H3,(H,19,20,21,22). The number of rotatable bonds is 4. The van der Waals surface area contributed by atoms with Gasteiger partial charge in [0.15, 0.2) is 0 Å². The van der Waals surface area contributed by atoms with Gasteiger partial charge in [-0.3, -0.25) is 4.79 Å². The summed E-state index contributed by atoms with van der Waals surface area (Å²) >= 11 is 0. The highest BCUT2D eigenvalue weighted by molar-refractivity contribution is 5.78. The molecule has 2 aromatic heterocycles. The number of likely N-dealkylation sites (tertiary alicyclic amines) is 1. The maximum absolute atomic E-state index is 11.7. The number of aromatic nitrogens is 3. The van der Waals surface area contributed by atoms with Crippen molar-refractivity contribution in [3.63, 3.8) is 0 Å². The van der Waals surface area contributed by atoms with Crippen molar-refractivity contribution in [2.24, 2.45) is 5.73 Å². The molecule has 3 rings (SSSR count). The van der Waals surface area contributed by atoms with Crippen molar-refractivity contribution in [2.75, 3.05) is 25.0 Å². The summed E-state index contributed by atoms with van der Waals surface area (Å²) < 4.78 is 0. The van der Waals surface area contributed by atoms with Gasteiger partial charge in [-0.15, -0.1) is 0 Å². The van der Waals surface area contributed by atoms with E-state index in [1.54, 1.807) is 11.1 Å². The number of anilines is 2. The molecule has 0 aliphatic carbocycles. The van der Waals surface area contributed by atoms with Crippen LogP contribution in [0.5, 0.6) is 0 Å². The van der Waals surface area contributed by atoms with Crippen molar-refractivity contribution in [1.82, 2.24) is 19.9 Å². The zero-order valence-corrected chi connectivity index (χ0v) is 14.0. The number of hydrogen-bond acceptors (Lipinski definition) is 6. The lowest BCUT2D eigenvalue weighted by molar-refractivity contribution is -0.128. The van der Waals surface area contributed by atoms with Crippen LogP contribution in [0.4, 0.5) is 11.6 Å². The Kier molecular flexibility index (Phi) is 4.71. The fraction of sp³-hybridized carbons (Fsp3) is 0.412. The lowest BCUT2D eigenvalue weighted by Gasteiger charge is -2.15.